The first kappa shape index (κ1) is 17.5. The molecule has 0 saturated heterocycles. The molecule has 0 radical (unpaired) electrons. The number of para-hydroxylation sites is 1. The van der Waals surface area contributed by atoms with Gasteiger partial charge in [0.2, 0.25) is 12.7 Å². The molecule has 132 valence electrons. The summed E-state index contributed by atoms with van der Waals surface area (Å²) in [6.45, 7) is 0.138. The Bertz CT molecular complexity index is 804. The minimum atomic E-state index is -4.35. The molecule has 3 N–H and O–H groups in total. The number of carbonyl (C=O) groups is 1. The lowest BCUT2D eigenvalue weighted by molar-refractivity contribution is -0.119. The average Bonchev–Trinajstić information content (AvgIpc) is 3.01. The summed E-state index contributed by atoms with van der Waals surface area (Å²) in [5, 5.41) is 2.70. The fourth-order valence-electron chi connectivity index (χ4n) is 2.65. The fourth-order valence-corrected chi connectivity index (χ4v) is 3.51. The van der Waals surface area contributed by atoms with Gasteiger partial charge in [-0.15, -0.1) is 0 Å². The molecule has 0 bridgehead atoms. The first-order valence-electron chi connectivity index (χ1n) is 7.70. The van der Waals surface area contributed by atoms with Crippen LogP contribution in [0, 0.1) is 5.92 Å². The second kappa shape index (κ2) is 7.27. The molecule has 2 aromatic carbocycles. The third-order valence-corrected chi connectivity index (χ3v) is 4.71. The van der Waals surface area contributed by atoms with E-state index >= 15 is 0 Å². The van der Waals surface area contributed by atoms with Gasteiger partial charge >= 0.3 is 7.60 Å². The summed E-state index contributed by atoms with van der Waals surface area (Å²) in [5.41, 5.74) is 1.32. The number of rotatable bonds is 6. The number of hydrogen-bond donors (Lipinski definition) is 3. The van der Waals surface area contributed by atoms with Crippen LogP contribution in [0.5, 0.6) is 11.5 Å². The van der Waals surface area contributed by atoms with Crippen LogP contribution in [0.25, 0.3) is 0 Å². The van der Waals surface area contributed by atoms with Gasteiger partial charge in [-0.25, -0.2) is 0 Å². The normalized spacial score (nSPS) is 14.2. The van der Waals surface area contributed by atoms with Crippen molar-refractivity contribution in [2.45, 2.75) is 6.42 Å². The largest absolute Gasteiger partial charge is 0.454 e. The molecule has 7 nitrogen and oxygen atoms in total. The van der Waals surface area contributed by atoms with Gasteiger partial charge in [0.25, 0.3) is 0 Å². The predicted molar refractivity (Wildman–Crippen MR) is 91.7 cm³/mol. The van der Waals surface area contributed by atoms with Gasteiger partial charge in [0.15, 0.2) is 11.5 Å². The van der Waals surface area contributed by atoms with Crippen LogP contribution in [-0.4, -0.2) is 28.6 Å². The molecule has 0 aliphatic carbocycles. The van der Waals surface area contributed by atoms with Crippen LogP contribution in [-0.2, 0) is 15.8 Å². The highest BCUT2D eigenvalue weighted by atomic mass is 31.2. The van der Waals surface area contributed by atoms with E-state index in [2.05, 4.69) is 5.32 Å². The zero-order valence-corrected chi connectivity index (χ0v) is 14.2. The molecule has 1 aliphatic heterocycles. The maximum Gasteiger partial charge on any atom is 0.326 e. The van der Waals surface area contributed by atoms with Gasteiger partial charge in [0.1, 0.15) is 0 Å². The molecule has 1 atom stereocenters. The zero-order valence-electron chi connectivity index (χ0n) is 13.3. The summed E-state index contributed by atoms with van der Waals surface area (Å²) >= 11 is 0. The van der Waals surface area contributed by atoms with Crippen molar-refractivity contribution < 1.29 is 28.6 Å². The number of amides is 1. The number of nitrogens with one attached hydrogen (secondary N) is 1. The highest BCUT2D eigenvalue weighted by Gasteiger charge is 2.28. The molecule has 0 spiro atoms. The van der Waals surface area contributed by atoms with Crippen molar-refractivity contribution in [1.29, 1.82) is 0 Å². The number of hydrogen-bond acceptors (Lipinski definition) is 4. The molecular formula is C17H18NO6P. The van der Waals surface area contributed by atoms with Crippen molar-refractivity contribution in [3.63, 3.8) is 0 Å². The summed E-state index contributed by atoms with van der Waals surface area (Å²) in [4.78, 5) is 31.2. The molecule has 1 aliphatic rings. The highest BCUT2D eigenvalue weighted by Crippen LogP contribution is 2.39. The van der Waals surface area contributed by atoms with Crippen LogP contribution in [0.1, 0.15) is 5.56 Å². The molecule has 0 aromatic heterocycles. The molecule has 1 amide bonds. The molecule has 0 saturated carbocycles. The van der Waals surface area contributed by atoms with Crippen molar-refractivity contribution >= 4 is 19.2 Å². The summed E-state index contributed by atoms with van der Waals surface area (Å²) in [6.07, 6.45) is -0.347. The molecular weight excluding hydrogens is 345 g/mol. The Kier molecular flexibility index (Phi) is 5.08. The SMILES string of the molecule is O=C(Nc1ccccc1)[C@H](Cc1ccc2c(c1)OCO2)CP(=O)(O)O. The molecule has 0 unspecified atom stereocenters. The van der Waals surface area contributed by atoms with Crippen LogP contribution in [0.4, 0.5) is 5.69 Å². The number of carbonyl (C=O) groups excluding carboxylic acids is 1. The van der Waals surface area contributed by atoms with Crippen LogP contribution in [0.2, 0.25) is 0 Å². The summed E-state index contributed by atoms with van der Waals surface area (Å²) in [5.74, 6) is -0.131. The van der Waals surface area contributed by atoms with E-state index in [9.17, 15) is 19.1 Å². The van der Waals surface area contributed by atoms with E-state index in [1.807, 2.05) is 6.07 Å². The van der Waals surface area contributed by atoms with Gasteiger partial charge in [0, 0.05) is 5.69 Å². The van der Waals surface area contributed by atoms with E-state index in [1.54, 1.807) is 42.5 Å². The second-order valence-corrected chi connectivity index (χ2v) is 7.49. The number of anilines is 1. The minimum Gasteiger partial charge on any atom is -0.454 e. The van der Waals surface area contributed by atoms with Gasteiger partial charge < -0.3 is 24.6 Å². The smallest absolute Gasteiger partial charge is 0.326 e. The molecule has 0 fully saturated rings. The molecule has 3 rings (SSSR count). The Morgan fingerprint density at radius 3 is 2.56 bits per heavy atom. The van der Waals surface area contributed by atoms with Crippen LogP contribution >= 0.6 is 7.60 Å². The monoisotopic (exact) mass is 363 g/mol. The average molecular weight is 363 g/mol. The van der Waals surface area contributed by atoms with Gasteiger partial charge in [0.05, 0.1) is 12.1 Å². The van der Waals surface area contributed by atoms with E-state index in [1.165, 1.54) is 0 Å². The van der Waals surface area contributed by atoms with Crippen molar-refractivity contribution in [3.05, 3.63) is 54.1 Å². The van der Waals surface area contributed by atoms with Crippen molar-refractivity contribution in [2.24, 2.45) is 5.92 Å². The molecule has 2 aromatic rings. The standard InChI is InChI=1S/C17H18NO6P/c19-17(18-14-4-2-1-3-5-14)13(10-25(20,21)22)8-12-6-7-15-16(9-12)24-11-23-15/h1-7,9,13H,8,10-11H2,(H,18,19)(H2,20,21,22)/t13-/m1/s1. The Morgan fingerprint density at radius 2 is 1.84 bits per heavy atom. The lowest BCUT2D eigenvalue weighted by atomic mass is 9.99. The van der Waals surface area contributed by atoms with Crippen molar-refractivity contribution in [2.75, 3.05) is 18.3 Å². The Hall–Kier alpha value is -2.34. The number of ether oxygens (including phenoxy) is 2. The summed E-state index contributed by atoms with van der Waals surface area (Å²) in [7, 11) is -4.35. The summed E-state index contributed by atoms with van der Waals surface area (Å²) < 4.78 is 22.0. The minimum absolute atomic E-state index is 0.138. The lowest BCUT2D eigenvalue weighted by Crippen LogP contribution is -2.27. The van der Waals surface area contributed by atoms with Crippen molar-refractivity contribution in [3.8, 4) is 11.5 Å². The molecule has 25 heavy (non-hydrogen) atoms. The van der Waals surface area contributed by atoms with Crippen LogP contribution < -0.4 is 14.8 Å². The zero-order chi connectivity index (χ0) is 17.9. The Morgan fingerprint density at radius 1 is 1.12 bits per heavy atom. The fraction of sp³-hybridized carbons (Fsp3) is 0.235. The Labute approximate surface area is 144 Å². The maximum absolute atomic E-state index is 12.5. The van der Waals surface area contributed by atoms with Gasteiger partial charge in [-0.1, -0.05) is 24.3 Å². The van der Waals surface area contributed by atoms with E-state index in [-0.39, 0.29) is 13.2 Å². The third kappa shape index (κ3) is 4.82. The molecule has 1 heterocycles. The highest BCUT2D eigenvalue weighted by molar-refractivity contribution is 7.51. The number of benzene rings is 2. The first-order valence-corrected chi connectivity index (χ1v) is 9.49. The van der Waals surface area contributed by atoms with Gasteiger partial charge in [-0.05, 0) is 36.2 Å². The predicted octanol–water partition coefficient (Wildman–Crippen LogP) is 2.39. The summed E-state index contributed by atoms with van der Waals surface area (Å²) in [6, 6.07) is 14.0. The lowest BCUT2D eigenvalue weighted by Gasteiger charge is -2.18. The topological polar surface area (TPSA) is 105 Å². The van der Waals surface area contributed by atoms with Crippen LogP contribution in [0.3, 0.4) is 0 Å². The van der Waals surface area contributed by atoms with E-state index in [0.717, 1.165) is 5.56 Å². The van der Waals surface area contributed by atoms with Crippen molar-refractivity contribution in [1.82, 2.24) is 0 Å². The number of fused-ring (bicyclic) bond motifs is 1. The van der Waals surface area contributed by atoms with Gasteiger partial charge in [-0.3, -0.25) is 9.36 Å². The van der Waals surface area contributed by atoms with E-state index in [4.69, 9.17) is 9.47 Å². The van der Waals surface area contributed by atoms with Gasteiger partial charge in [-0.2, -0.15) is 0 Å². The third-order valence-electron chi connectivity index (χ3n) is 3.79. The first-order chi connectivity index (χ1) is 11.9. The maximum atomic E-state index is 12.5. The van der Waals surface area contributed by atoms with Crippen LogP contribution in [0.15, 0.2) is 48.5 Å². The second-order valence-electron chi connectivity index (χ2n) is 5.79. The molecule has 8 heteroatoms. The quantitative estimate of drug-likeness (QED) is 0.681. The van der Waals surface area contributed by atoms with E-state index in [0.29, 0.717) is 17.2 Å². The Balaban J connectivity index is 1.77. The van der Waals surface area contributed by atoms with E-state index < -0.39 is 25.6 Å².